The lowest BCUT2D eigenvalue weighted by Gasteiger charge is -2.26. The first-order valence-corrected chi connectivity index (χ1v) is 11.1. The highest BCUT2D eigenvalue weighted by atomic mass is 35.5. The Morgan fingerprint density at radius 3 is 2.64 bits per heavy atom. The van der Waals surface area contributed by atoms with Crippen LogP contribution in [0.2, 0.25) is 5.02 Å². The summed E-state index contributed by atoms with van der Waals surface area (Å²) in [7, 11) is 0. The summed E-state index contributed by atoms with van der Waals surface area (Å²) >= 11 is 7.43. The predicted molar refractivity (Wildman–Crippen MR) is 108 cm³/mol. The smallest absolute Gasteiger partial charge is 0.199 e. The summed E-state index contributed by atoms with van der Waals surface area (Å²) in [5.74, 6) is 1.11. The summed E-state index contributed by atoms with van der Waals surface area (Å²) in [6.07, 6.45) is 7.09. The highest BCUT2D eigenvalue weighted by Gasteiger charge is 2.25. The number of aliphatic hydroxyl groups is 1. The average molecular weight is 424 g/mol. The summed E-state index contributed by atoms with van der Waals surface area (Å²) in [4.78, 5) is 9.21. The highest BCUT2D eigenvalue weighted by molar-refractivity contribution is 7.99. The molecule has 152 valence electrons. The topological polar surface area (TPSA) is 80.4 Å². The molecule has 0 aromatic carbocycles. The molecule has 1 aliphatic heterocycles. The SMILES string of the molecule is OC1CCC(NCc2nc(C3CCOCC3)oc2Sc2ccc(Cl)cn2)CC1. The van der Waals surface area contributed by atoms with E-state index in [0.717, 1.165) is 73.4 Å². The number of aliphatic hydroxyl groups excluding tert-OH is 1. The fourth-order valence-electron chi connectivity index (χ4n) is 3.70. The van der Waals surface area contributed by atoms with Gasteiger partial charge in [-0.15, -0.1) is 0 Å². The van der Waals surface area contributed by atoms with Crippen molar-refractivity contribution in [3.63, 3.8) is 0 Å². The van der Waals surface area contributed by atoms with Crippen molar-refractivity contribution < 1.29 is 14.3 Å². The van der Waals surface area contributed by atoms with Gasteiger partial charge in [0.25, 0.3) is 0 Å². The first-order valence-electron chi connectivity index (χ1n) is 9.95. The molecule has 0 bridgehead atoms. The first kappa shape index (κ1) is 20.2. The summed E-state index contributed by atoms with van der Waals surface area (Å²) in [5.41, 5.74) is 0.925. The highest BCUT2D eigenvalue weighted by Crippen LogP contribution is 2.35. The zero-order chi connectivity index (χ0) is 19.3. The van der Waals surface area contributed by atoms with Gasteiger partial charge in [-0.05, 0) is 62.4 Å². The number of rotatable bonds is 6. The van der Waals surface area contributed by atoms with Gasteiger partial charge < -0.3 is 19.6 Å². The molecule has 2 fully saturated rings. The maximum Gasteiger partial charge on any atom is 0.199 e. The molecule has 2 N–H and O–H groups in total. The first-order chi connectivity index (χ1) is 13.7. The Labute approximate surface area is 174 Å². The number of pyridine rings is 1. The lowest BCUT2D eigenvalue weighted by molar-refractivity contribution is 0.0786. The average Bonchev–Trinajstić information content (AvgIpc) is 3.13. The molecule has 2 aromatic heterocycles. The largest absolute Gasteiger partial charge is 0.433 e. The molecule has 6 nitrogen and oxygen atoms in total. The van der Waals surface area contributed by atoms with E-state index in [-0.39, 0.29) is 6.10 Å². The Bertz CT molecular complexity index is 757. The van der Waals surface area contributed by atoms with Crippen LogP contribution in [0.1, 0.15) is 56.0 Å². The minimum atomic E-state index is -0.146. The molecule has 1 saturated heterocycles. The Morgan fingerprint density at radius 2 is 1.93 bits per heavy atom. The molecule has 8 heteroatoms. The van der Waals surface area contributed by atoms with E-state index < -0.39 is 0 Å². The molecule has 1 saturated carbocycles. The Balaban J connectivity index is 1.48. The monoisotopic (exact) mass is 423 g/mol. The van der Waals surface area contributed by atoms with Crippen LogP contribution in [0.25, 0.3) is 0 Å². The minimum Gasteiger partial charge on any atom is -0.433 e. The zero-order valence-corrected chi connectivity index (χ0v) is 17.3. The maximum absolute atomic E-state index is 9.70. The molecule has 0 radical (unpaired) electrons. The van der Waals surface area contributed by atoms with E-state index in [1.165, 1.54) is 11.8 Å². The van der Waals surface area contributed by atoms with Crippen LogP contribution in [0.5, 0.6) is 0 Å². The van der Waals surface area contributed by atoms with Crippen LogP contribution in [0, 0.1) is 0 Å². The number of halogens is 1. The van der Waals surface area contributed by atoms with Crippen LogP contribution < -0.4 is 5.32 Å². The number of nitrogens with zero attached hydrogens (tertiary/aromatic N) is 2. The van der Waals surface area contributed by atoms with Crippen molar-refractivity contribution in [1.29, 1.82) is 0 Å². The van der Waals surface area contributed by atoms with E-state index in [0.29, 0.717) is 23.5 Å². The van der Waals surface area contributed by atoms with E-state index in [4.69, 9.17) is 25.7 Å². The van der Waals surface area contributed by atoms with Crippen molar-refractivity contribution in [2.45, 2.75) is 73.3 Å². The number of hydrogen-bond acceptors (Lipinski definition) is 7. The Kier molecular flexibility index (Phi) is 6.90. The summed E-state index contributed by atoms with van der Waals surface area (Å²) in [5, 5.41) is 15.5. The van der Waals surface area contributed by atoms with Crippen LogP contribution in [0.15, 0.2) is 32.9 Å². The Hall–Kier alpha value is -1.12. The molecule has 0 atom stereocenters. The standard InChI is InChI=1S/C20H26ClN3O3S/c21-14-1-6-18(23-11-14)28-20-17(12-22-15-2-4-16(25)5-3-15)24-19(27-20)13-7-9-26-10-8-13/h1,6,11,13,15-16,22,25H,2-5,7-10,12H2. The van der Waals surface area contributed by atoms with Gasteiger partial charge in [0.1, 0.15) is 10.7 Å². The van der Waals surface area contributed by atoms with Gasteiger partial charge in [-0.25, -0.2) is 9.97 Å². The van der Waals surface area contributed by atoms with E-state index in [2.05, 4.69) is 10.3 Å². The fraction of sp³-hybridized carbons (Fsp3) is 0.600. The van der Waals surface area contributed by atoms with E-state index in [1.54, 1.807) is 6.20 Å². The molecule has 1 aliphatic carbocycles. The molecule has 2 aliphatic rings. The van der Waals surface area contributed by atoms with Crippen LogP contribution in [0.3, 0.4) is 0 Å². The fourth-order valence-corrected chi connectivity index (χ4v) is 4.61. The second kappa shape index (κ2) is 9.59. The third-order valence-corrected chi connectivity index (χ3v) is 6.58. The Morgan fingerprint density at radius 1 is 1.14 bits per heavy atom. The molecule has 0 unspecified atom stereocenters. The van der Waals surface area contributed by atoms with Crippen molar-refractivity contribution in [3.05, 3.63) is 34.9 Å². The maximum atomic E-state index is 9.70. The zero-order valence-electron chi connectivity index (χ0n) is 15.8. The van der Waals surface area contributed by atoms with E-state index in [9.17, 15) is 5.11 Å². The minimum absolute atomic E-state index is 0.146. The van der Waals surface area contributed by atoms with E-state index >= 15 is 0 Å². The van der Waals surface area contributed by atoms with E-state index in [1.807, 2.05) is 12.1 Å². The van der Waals surface area contributed by atoms with Crippen LogP contribution >= 0.6 is 23.4 Å². The van der Waals surface area contributed by atoms with Gasteiger partial charge in [-0.1, -0.05) is 11.6 Å². The molecular weight excluding hydrogens is 398 g/mol. The lowest BCUT2D eigenvalue weighted by Crippen LogP contribution is -2.34. The number of ether oxygens (including phenoxy) is 1. The van der Waals surface area contributed by atoms with Gasteiger partial charge in [-0.3, -0.25) is 0 Å². The normalized spacial score (nSPS) is 23.8. The summed E-state index contributed by atoms with van der Waals surface area (Å²) < 4.78 is 11.7. The number of nitrogens with one attached hydrogen (secondary N) is 1. The predicted octanol–water partition coefficient (Wildman–Crippen LogP) is 4.16. The van der Waals surface area contributed by atoms with Gasteiger partial charge in [0.15, 0.2) is 11.0 Å². The second-order valence-corrected chi connectivity index (χ2v) is 8.91. The number of hydrogen-bond donors (Lipinski definition) is 2. The van der Waals surface area contributed by atoms with Gasteiger partial charge in [0.05, 0.1) is 11.1 Å². The van der Waals surface area contributed by atoms with Gasteiger partial charge >= 0.3 is 0 Å². The molecule has 0 spiro atoms. The van der Waals surface area contributed by atoms with Crippen molar-refractivity contribution in [2.75, 3.05) is 13.2 Å². The van der Waals surface area contributed by atoms with Gasteiger partial charge in [-0.2, -0.15) is 0 Å². The molecule has 28 heavy (non-hydrogen) atoms. The molecular formula is C20H26ClN3O3S. The molecule has 0 amide bonds. The molecule has 3 heterocycles. The van der Waals surface area contributed by atoms with Gasteiger partial charge in [0, 0.05) is 37.9 Å². The molecule has 4 rings (SSSR count). The third-order valence-electron chi connectivity index (χ3n) is 5.40. The second-order valence-electron chi connectivity index (χ2n) is 7.48. The quantitative estimate of drug-likeness (QED) is 0.721. The van der Waals surface area contributed by atoms with Crippen molar-refractivity contribution in [2.24, 2.45) is 0 Å². The van der Waals surface area contributed by atoms with Crippen LogP contribution in [-0.4, -0.2) is 40.4 Å². The number of oxazole rings is 1. The van der Waals surface area contributed by atoms with Crippen molar-refractivity contribution in [1.82, 2.24) is 15.3 Å². The van der Waals surface area contributed by atoms with Crippen molar-refractivity contribution >= 4 is 23.4 Å². The number of aromatic nitrogens is 2. The van der Waals surface area contributed by atoms with Crippen molar-refractivity contribution in [3.8, 4) is 0 Å². The lowest BCUT2D eigenvalue weighted by atomic mass is 9.93. The van der Waals surface area contributed by atoms with Crippen LogP contribution in [0.4, 0.5) is 0 Å². The van der Waals surface area contributed by atoms with Crippen LogP contribution in [-0.2, 0) is 11.3 Å². The third kappa shape index (κ3) is 5.27. The summed E-state index contributed by atoms with van der Waals surface area (Å²) in [6, 6.07) is 4.14. The summed E-state index contributed by atoms with van der Waals surface area (Å²) in [6.45, 7) is 2.17. The molecule has 2 aromatic rings. The van der Waals surface area contributed by atoms with Gasteiger partial charge in [0.2, 0.25) is 0 Å².